The fraction of sp³-hybridized carbons (Fsp3) is 0.357. The Morgan fingerprint density at radius 1 is 1.12 bits per heavy atom. The Balaban J connectivity index is 1.63. The third-order valence-corrected chi connectivity index (χ3v) is 6.50. The second kappa shape index (κ2) is 13.6. The van der Waals surface area contributed by atoms with Crippen molar-refractivity contribution in [2.24, 2.45) is 0 Å². The minimum atomic E-state index is -1.23. The van der Waals surface area contributed by atoms with E-state index in [2.05, 4.69) is 31.2 Å². The number of aliphatic hydroxyl groups excluding tert-OH is 1. The van der Waals surface area contributed by atoms with Gasteiger partial charge in [0.25, 0.3) is 11.8 Å². The minimum Gasteiger partial charge on any atom is -0.446 e. The zero-order valence-corrected chi connectivity index (χ0v) is 22.3. The molecule has 216 valence electrons. The van der Waals surface area contributed by atoms with Crippen molar-refractivity contribution >= 4 is 23.6 Å². The number of aromatic nitrogens is 2. The van der Waals surface area contributed by atoms with Crippen LogP contribution in [0.15, 0.2) is 59.3 Å². The molecule has 0 unspecified atom stereocenters. The predicted molar refractivity (Wildman–Crippen MR) is 143 cm³/mol. The van der Waals surface area contributed by atoms with Gasteiger partial charge in [0.05, 0.1) is 12.3 Å². The third kappa shape index (κ3) is 7.94. The molecule has 1 aliphatic heterocycles. The molecule has 4 amide bonds. The second-order valence-electron chi connectivity index (χ2n) is 9.69. The van der Waals surface area contributed by atoms with Crippen LogP contribution >= 0.6 is 0 Å². The monoisotopic (exact) mass is 566 g/mol. The van der Waals surface area contributed by atoms with Crippen LogP contribution in [-0.4, -0.2) is 63.4 Å². The van der Waals surface area contributed by atoms with Gasteiger partial charge in [0.1, 0.15) is 35.9 Å². The van der Waals surface area contributed by atoms with Gasteiger partial charge in [-0.2, -0.15) is 0 Å². The molecule has 41 heavy (non-hydrogen) atoms. The molecule has 0 fully saturated rings. The molecule has 5 N–H and O–H groups in total. The van der Waals surface area contributed by atoms with E-state index in [-0.39, 0.29) is 36.7 Å². The molecule has 12 nitrogen and oxygen atoms in total. The van der Waals surface area contributed by atoms with Gasteiger partial charge in [0.2, 0.25) is 17.7 Å². The number of oxazole rings is 1. The Morgan fingerprint density at radius 3 is 2.61 bits per heavy atom. The molecule has 3 aromatic rings. The summed E-state index contributed by atoms with van der Waals surface area (Å²) in [6.45, 7) is 1.58. The largest absolute Gasteiger partial charge is 0.446 e. The lowest BCUT2D eigenvalue weighted by atomic mass is 10.0. The SMILES string of the molecule is C[C@@H](O)[C@@H]1NC(=O)c2coc(n2)[C@H](Cc2ccccc2)NC(=O)[C@@H](NC(=O)c2ccc(F)cn2)CCCCNC1=O. The number of benzene rings is 1. The van der Waals surface area contributed by atoms with E-state index >= 15 is 0 Å². The quantitative estimate of drug-likeness (QED) is 0.306. The topological polar surface area (TPSA) is 176 Å². The number of rotatable bonds is 5. The number of nitrogens with zero attached hydrogens (tertiary/aromatic N) is 2. The molecule has 0 aliphatic carbocycles. The summed E-state index contributed by atoms with van der Waals surface area (Å²) in [6.07, 6.45) is 2.15. The van der Waals surface area contributed by atoms with E-state index in [1.54, 1.807) is 0 Å². The van der Waals surface area contributed by atoms with Crippen molar-refractivity contribution in [3.63, 3.8) is 0 Å². The van der Waals surface area contributed by atoms with E-state index in [0.717, 1.165) is 24.1 Å². The van der Waals surface area contributed by atoms with E-state index in [1.165, 1.54) is 13.0 Å². The zero-order chi connectivity index (χ0) is 29.4. The molecule has 13 heteroatoms. The molecule has 0 saturated carbocycles. The summed E-state index contributed by atoms with van der Waals surface area (Å²) in [5, 5.41) is 20.8. The molecular formula is C28H31FN6O6. The number of hydrogen-bond donors (Lipinski definition) is 5. The lowest BCUT2D eigenvalue weighted by Gasteiger charge is -2.23. The summed E-state index contributed by atoms with van der Waals surface area (Å²) in [5.41, 5.74) is 0.635. The molecule has 1 aromatic carbocycles. The van der Waals surface area contributed by atoms with Crippen molar-refractivity contribution in [1.82, 2.24) is 31.2 Å². The standard InChI is InChI=1S/C28H31FN6O6/c1-16(36)23-27(40)30-12-6-5-9-20(32-24(37)19-11-10-18(29)14-31-19)25(38)33-21(13-17-7-3-2-4-8-17)28-34-22(15-41-28)26(39)35-23/h2-4,7-8,10-11,14-16,20-21,23,36H,5-6,9,12-13H2,1H3,(H,30,40)(H,32,37)(H,33,38)(H,35,39)/t16-,20+,21+,23+/m1/s1. The van der Waals surface area contributed by atoms with Crippen LogP contribution in [-0.2, 0) is 16.0 Å². The lowest BCUT2D eigenvalue weighted by molar-refractivity contribution is -0.125. The summed E-state index contributed by atoms with van der Waals surface area (Å²) >= 11 is 0. The molecular weight excluding hydrogens is 535 g/mol. The van der Waals surface area contributed by atoms with Gasteiger partial charge in [-0.1, -0.05) is 30.3 Å². The first-order valence-electron chi connectivity index (χ1n) is 13.2. The lowest BCUT2D eigenvalue weighted by Crippen LogP contribution is -2.52. The van der Waals surface area contributed by atoms with E-state index in [9.17, 15) is 28.7 Å². The number of pyridine rings is 1. The molecule has 2 aromatic heterocycles. The van der Waals surface area contributed by atoms with E-state index in [4.69, 9.17) is 4.42 Å². The van der Waals surface area contributed by atoms with Gasteiger partial charge < -0.3 is 30.8 Å². The summed E-state index contributed by atoms with van der Waals surface area (Å²) < 4.78 is 18.9. The summed E-state index contributed by atoms with van der Waals surface area (Å²) in [6, 6.07) is 8.46. The average molecular weight is 567 g/mol. The Bertz CT molecular complexity index is 1360. The number of carbonyl (C=O) groups is 4. The van der Waals surface area contributed by atoms with Gasteiger partial charge in [0, 0.05) is 13.0 Å². The van der Waals surface area contributed by atoms with Crippen LogP contribution in [0.4, 0.5) is 4.39 Å². The highest BCUT2D eigenvalue weighted by Crippen LogP contribution is 2.20. The van der Waals surface area contributed by atoms with Crippen molar-refractivity contribution in [3.8, 4) is 0 Å². The molecule has 0 saturated heterocycles. The van der Waals surface area contributed by atoms with Crippen LogP contribution in [0.25, 0.3) is 0 Å². The van der Waals surface area contributed by atoms with Crippen LogP contribution in [0.3, 0.4) is 0 Å². The van der Waals surface area contributed by atoms with Gasteiger partial charge in [-0.15, -0.1) is 0 Å². The van der Waals surface area contributed by atoms with Gasteiger partial charge in [0.15, 0.2) is 5.69 Å². The highest BCUT2D eigenvalue weighted by molar-refractivity contribution is 5.97. The van der Waals surface area contributed by atoms with Crippen LogP contribution in [0.5, 0.6) is 0 Å². The number of aliphatic hydroxyl groups is 1. The number of nitrogens with one attached hydrogen (secondary N) is 4. The summed E-state index contributed by atoms with van der Waals surface area (Å²) in [7, 11) is 0. The highest BCUT2D eigenvalue weighted by Gasteiger charge is 2.30. The fourth-order valence-electron chi connectivity index (χ4n) is 4.30. The number of carbonyl (C=O) groups excluding carboxylic acids is 4. The van der Waals surface area contributed by atoms with E-state index in [0.29, 0.717) is 12.8 Å². The van der Waals surface area contributed by atoms with Crippen molar-refractivity contribution in [3.05, 3.63) is 83.6 Å². The second-order valence-corrected chi connectivity index (χ2v) is 9.69. The molecule has 1 aliphatic rings. The number of halogens is 1. The summed E-state index contributed by atoms with van der Waals surface area (Å²) in [4.78, 5) is 59.9. The average Bonchev–Trinajstić information content (AvgIpc) is 3.45. The van der Waals surface area contributed by atoms with Crippen molar-refractivity contribution < 1.29 is 33.1 Å². The van der Waals surface area contributed by atoms with Crippen molar-refractivity contribution in [1.29, 1.82) is 0 Å². The van der Waals surface area contributed by atoms with E-state index in [1.807, 2.05) is 30.3 Å². The molecule has 4 atom stereocenters. The van der Waals surface area contributed by atoms with E-state index < -0.39 is 53.7 Å². The normalized spacial score (nSPS) is 21.2. The smallest absolute Gasteiger partial charge is 0.273 e. The number of fused-ring (bicyclic) bond motifs is 2. The number of hydrogen-bond acceptors (Lipinski definition) is 8. The first-order chi connectivity index (χ1) is 19.7. The molecule has 2 bridgehead atoms. The Morgan fingerprint density at radius 2 is 1.90 bits per heavy atom. The maximum Gasteiger partial charge on any atom is 0.273 e. The van der Waals surface area contributed by atoms with Crippen molar-refractivity contribution in [2.45, 2.75) is 56.8 Å². The Hall–Kier alpha value is -4.65. The first kappa shape index (κ1) is 29.3. The fourth-order valence-corrected chi connectivity index (χ4v) is 4.30. The van der Waals surface area contributed by atoms with Gasteiger partial charge in [-0.05, 0) is 43.9 Å². The number of amides is 4. The summed E-state index contributed by atoms with van der Waals surface area (Å²) in [5.74, 6) is -3.10. The maximum atomic E-state index is 13.5. The predicted octanol–water partition coefficient (Wildman–Crippen LogP) is 1.19. The molecule has 3 heterocycles. The molecule has 4 rings (SSSR count). The van der Waals surface area contributed by atoms with Crippen LogP contribution in [0, 0.1) is 5.82 Å². The van der Waals surface area contributed by atoms with Gasteiger partial charge in [-0.25, -0.2) is 14.4 Å². The molecule has 0 radical (unpaired) electrons. The third-order valence-electron chi connectivity index (χ3n) is 6.50. The van der Waals surface area contributed by atoms with Crippen LogP contribution in [0.1, 0.15) is 64.7 Å². The van der Waals surface area contributed by atoms with Crippen LogP contribution < -0.4 is 21.3 Å². The van der Waals surface area contributed by atoms with Crippen LogP contribution in [0.2, 0.25) is 0 Å². The maximum absolute atomic E-state index is 13.5. The minimum absolute atomic E-state index is 0.0303. The Kier molecular flexibility index (Phi) is 9.74. The Labute approximate surface area is 235 Å². The van der Waals surface area contributed by atoms with Gasteiger partial charge >= 0.3 is 0 Å². The zero-order valence-electron chi connectivity index (χ0n) is 22.3. The first-order valence-corrected chi connectivity index (χ1v) is 13.2. The van der Waals surface area contributed by atoms with Gasteiger partial charge in [-0.3, -0.25) is 19.2 Å². The molecule has 0 spiro atoms. The highest BCUT2D eigenvalue weighted by atomic mass is 19.1. The van der Waals surface area contributed by atoms with Crippen molar-refractivity contribution in [2.75, 3.05) is 6.54 Å².